The van der Waals surface area contributed by atoms with Gasteiger partial charge in [-0.1, -0.05) is 6.07 Å². The van der Waals surface area contributed by atoms with Crippen LogP contribution in [0, 0.1) is 6.92 Å². The van der Waals surface area contributed by atoms with Crippen molar-refractivity contribution in [3.63, 3.8) is 0 Å². The first-order valence-electron chi connectivity index (χ1n) is 7.22. The lowest BCUT2D eigenvalue weighted by molar-refractivity contribution is -0.120. The number of hydrogen-bond acceptors (Lipinski definition) is 4. The van der Waals surface area contributed by atoms with Crippen LogP contribution < -0.4 is 10.6 Å². The molecular formula is C15H20N4O2S. The van der Waals surface area contributed by atoms with E-state index in [1.165, 1.54) is 4.88 Å². The number of nitrogens with one attached hydrogen (secondary N) is 2. The largest absolute Gasteiger partial charge is 0.354 e. The molecule has 0 unspecified atom stereocenters. The van der Waals surface area contributed by atoms with E-state index in [0.717, 1.165) is 12.1 Å². The number of aromatic nitrogens is 2. The average Bonchev–Trinajstić information content (AvgIpc) is 3.14. The minimum absolute atomic E-state index is 0.0305. The zero-order chi connectivity index (χ0) is 15.9. The predicted octanol–water partition coefficient (Wildman–Crippen LogP) is 1.36. The molecule has 0 aliphatic heterocycles. The molecule has 0 atom stereocenters. The molecular weight excluding hydrogens is 300 g/mol. The third-order valence-electron chi connectivity index (χ3n) is 3.12. The number of hydrogen-bond donors (Lipinski definition) is 2. The Morgan fingerprint density at radius 1 is 1.36 bits per heavy atom. The van der Waals surface area contributed by atoms with Gasteiger partial charge in [0.25, 0.3) is 5.91 Å². The molecule has 0 saturated heterocycles. The predicted molar refractivity (Wildman–Crippen MR) is 86.0 cm³/mol. The molecule has 2 amide bonds. The lowest BCUT2D eigenvalue weighted by Gasteiger charge is -2.07. The molecule has 0 saturated carbocycles. The van der Waals surface area contributed by atoms with Gasteiger partial charge >= 0.3 is 0 Å². The van der Waals surface area contributed by atoms with Crippen LogP contribution in [-0.2, 0) is 17.8 Å². The van der Waals surface area contributed by atoms with Crippen molar-refractivity contribution in [1.82, 2.24) is 20.4 Å². The second kappa shape index (κ2) is 7.74. The smallest absolute Gasteiger partial charge is 0.269 e. The zero-order valence-electron chi connectivity index (χ0n) is 12.8. The molecule has 2 aromatic rings. The van der Waals surface area contributed by atoms with Gasteiger partial charge in [-0.15, -0.1) is 11.3 Å². The highest BCUT2D eigenvalue weighted by Gasteiger charge is 2.13. The van der Waals surface area contributed by atoms with Crippen LogP contribution in [0.5, 0.6) is 0 Å². The summed E-state index contributed by atoms with van der Waals surface area (Å²) >= 11 is 1.67. The summed E-state index contributed by atoms with van der Waals surface area (Å²) in [5.74, 6) is -0.472. The number of amides is 2. The van der Waals surface area contributed by atoms with Gasteiger partial charge in [0.1, 0.15) is 5.69 Å². The first kappa shape index (κ1) is 16.2. The maximum atomic E-state index is 12.1. The Morgan fingerprint density at radius 3 is 2.86 bits per heavy atom. The maximum absolute atomic E-state index is 12.1. The van der Waals surface area contributed by atoms with E-state index >= 15 is 0 Å². The van der Waals surface area contributed by atoms with Crippen LogP contribution >= 0.6 is 11.3 Å². The van der Waals surface area contributed by atoms with Gasteiger partial charge in [0.15, 0.2) is 0 Å². The van der Waals surface area contributed by atoms with Crippen molar-refractivity contribution in [3.8, 4) is 0 Å². The molecule has 7 heteroatoms. The van der Waals surface area contributed by atoms with Gasteiger partial charge in [-0.05, 0) is 37.8 Å². The third kappa shape index (κ3) is 4.42. The van der Waals surface area contributed by atoms with Gasteiger partial charge in [-0.3, -0.25) is 14.3 Å². The summed E-state index contributed by atoms with van der Waals surface area (Å²) in [6.45, 7) is 4.91. The number of aryl methyl sites for hydroxylation is 2. The zero-order valence-corrected chi connectivity index (χ0v) is 13.6. The summed E-state index contributed by atoms with van der Waals surface area (Å²) in [5, 5.41) is 11.6. The monoisotopic (exact) mass is 320 g/mol. The first-order chi connectivity index (χ1) is 10.6. The summed E-state index contributed by atoms with van der Waals surface area (Å²) in [5.41, 5.74) is 1.26. The molecule has 2 heterocycles. The van der Waals surface area contributed by atoms with Gasteiger partial charge in [-0.25, -0.2) is 0 Å². The molecule has 0 aromatic carbocycles. The molecule has 22 heavy (non-hydrogen) atoms. The van der Waals surface area contributed by atoms with Gasteiger partial charge < -0.3 is 10.6 Å². The average molecular weight is 320 g/mol. The molecule has 2 aromatic heterocycles. The van der Waals surface area contributed by atoms with E-state index < -0.39 is 0 Å². The quantitative estimate of drug-likeness (QED) is 0.809. The van der Waals surface area contributed by atoms with Crippen molar-refractivity contribution in [1.29, 1.82) is 0 Å². The van der Waals surface area contributed by atoms with Crippen molar-refractivity contribution in [3.05, 3.63) is 39.8 Å². The van der Waals surface area contributed by atoms with E-state index in [4.69, 9.17) is 0 Å². The van der Waals surface area contributed by atoms with Crippen LogP contribution in [0.2, 0.25) is 0 Å². The summed E-state index contributed by atoms with van der Waals surface area (Å²) < 4.78 is 1.62. The fraction of sp³-hybridized carbons (Fsp3) is 0.400. The van der Waals surface area contributed by atoms with Crippen molar-refractivity contribution in [2.24, 2.45) is 0 Å². The van der Waals surface area contributed by atoms with E-state index in [9.17, 15) is 9.59 Å². The lowest BCUT2D eigenvalue weighted by atomic mass is 10.3. The Bertz CT molecular complexity index is 634. The normalized spacial score (nSPS) is 10.5. The molecule has 0 spiro atoms. The second-order valence-corrected chi connectivity index (χ2v) is 5.88. The van der Waals surface area contributed by atoms with Crippen LogP contribution in [-0.4, -0.2) is 34.7 Å². The third-order valence-corrected chi connectivity index (χ3v) is 4.05. The number of nitrogens with zero attached hydrogens (tertiary/aromatic N) is 2. The number of rotatable bonds is 7. The number of carbonyl (C=O) groups excluding carboxylic acids is 2. The highest BCUT2D eigenvalue weighted by atomic mass is 32.1. The van der Waals surface area contributed by atoms with Crippen LogP contribution in [0.4, 0.5) is 0 Å². The molecule has 0 aliphatic rings. The Hall–Kier alpha value is -2.15. The second-order valence-electron chi connectivity index (χ2n) is 4.85. The first-order valence-corrected chi connectivity index (χ1v) is 8.10. The standard InChI is InChI=1S/C15H20N4O2S/c1-3-19-13(9-11(2)18-19)15(21)17-10-14(20)16-7-6-12-5-4-8-22-12/h4-5,8-9H,3,6-7,10H2,1-2H3,(H,16,20)(H,17,21). The molecule has 0 bridgehead atoms. The Labute approximate surface area is 133 Å². The van der Waals surface area contributed by atoms with E-state index in [1.807, 2.05) is 31.4 Å². The van der Waals surface area contributed by atoms with Crippen molar-refractivity contribution < 1.29 is 9.59 Å². The summed E-state index contributed by atoms with van der Waals surface area (Å²) in [4.78, 5) is 25.0. The van der Waals surface area contributed by atoms with Crippen molar-refractivity contribution >= 4 is 23.2 Å². The van der Waals surface area contributed by atoms with E-state index in [-0.39, 0.29) is 18.4 Å². The van der Waals surface area contributed by atoms with E-state index in [1.54, 1.807) is 22.1 Å². The van der Waals surface area contributed by atoms with Crippen LogP contribution in [0.15, 0.2) is 23.6 Å². The van der Waals surface area contributed by atoms with E-state index in [2.05, 4.69) is 15.7 Å². The number of thiophene rings is 1. The minimum Gasteiger partial charge on any atom is -0.354 e. The maximum Gasteiger partial charge on any atom is 0.269 e. The minimum atomic E-state index is -0.282. The van der Waals surface area contributed by atoms with Crippen LogP contribution in [0.1, 0.15) is 28.0 Å². The SMILES string of the molecule is CCn1nc(C)cc1C(=O)NCC(=O)NCCc1cccs1. The highest BCUT2D eigenvalue weighted by molar-refractivity contribution is 7.09. The van der Waals surface area contributed by atoms with Crippen molar-refractivity contribution in [2.75, 3.05) is 13.1 Å². The van der Waals surface area contributed by atoms with E-state index in [0.29, 0.717) is 18.8 Å². The van der Waals surface area contributed by atoms with Crippen molar-refractivity contribution in [2.45, 2.75) is 26.8 Å². The topological polar surface area (TPSA) is 76.0 Å². The highest BCUT2D eigenvalue weighted by Crippen LogP contribution is 2.08. The molecule has 118 valence electrons. The Morgan fingerprint density at radius 2 is 2.18 bits per heavy atom. The molecule has 2 rings (SSSR count). The van der Waals surface area contributed by atoms with Gasteiger partial charge in [0.05, 0.1) is 12.2 Å². The molecule has 0 aliphatic carbocycles. The fourth-order valence-electron chi connectivity index (χ4n) is 2.06. The molecule has 0 fully saturated rings. The van der Waals surface area contributed by atoms with Crippen LogP contribution in [0.3, 0.4) is 0 Å². The molecule has 0 radical (unpaired) electrons. The summed E-state index contributed by atoms with van der Waals surface area (Å²) in [6, 6.07) is 5.74. The van der Waals surface area contributed by atoms with Crippen LogP contribution in [0.25, 0.3) is 0 Å². The summed E-state index contributed by atoms with van der Waals surface area (Å²) in [6.07, 6.45) is 0.805. The molecule has 2 N–H and O–H groups in total. The van der Waals surface area contributed by atoms with Gasteiger partial charge in [0, 0.05) is 18.0 Å². The summed E-state index contributed by atoms with van der Waals surface area (Å²) in [7, 11) is 0. The molecule has 6 nitrogen and oxygen atoms in total. The van der Waals surface area contributed by atoms with Gasteiger partial charge in [0.2, 0.25) is 5.91 Å². The lowest BCUT2D eigenvalue weighted by Crippen LogP contribution is -2.38. The van der Waals surface area contributed by atoms with Gasteiger partial charge in [-0.2, -0.15) is 5.10 Å². The Balaban J connectivity index is 1.74. The Kier molecular flexibility index (Phi) is 5.71. The fourth-order valence-corrected chi connectivity index (χ4v) is 2.77. The number of carbonyl (C=O) groups is 2.